The number of carboxylic acid groups (broad SMARTS) is 1. The second-order valence-corrected chi connectivity index (χ2v) is 5.27. The molecule has 3 rings (SSSR count). The average molecular weight is 331 g/mol. The molecule has 0 spiro atoms. The van der Waals surface area contributed by atoms with Crippen molar-refractivity contribution in [1.82, 2.24) is 15.1 Å². The van der Waals surface area contributed by atoms with Crippen LogP contribution in [0.2, 0.25) is 0 Å². The summed E-state index contributed by atoms with van der Waals surface area (Å²) in [7, 11) is 0. The van der Waals surface area contributed by atoms with E-state index in [2.05, 4.69) is 10.4 Å². The van der Waals surface area contributed by atoms with Crippen molar-refractivity contribution in [2.75, 3.05) is 19.8 Å². The Morgan fingerprint density at radius 1 is 1.33 bits per heavy atom. The first-order chi connectivity index (χ1) is 11.6. The van der Waals surface area contributed by atoms with Crippen molar-refractivity contribution in [3.05, 3.63) is 47.8 Å². The number of nitrogens with zero attached hydrogens (tertiary/aromatic N) is 2. The molecule has 1 aromatic carbocycles. The Hall–Kier alpha value is -2.71. The van der Waals surface area contributed by atoms with E-state index in [4.69, 9.17) is 14.6 Å². The van der Waals surface area contributed by atoms with Gasteiger partial charge in [0.25, 0.3) is 5.91 Å². The molecule has 0 saturated carbocycles. The second-order valence-electron chi connectivity index (χ2n) is 5.27. The van der Waals surface area contributed by atoms with Gasteiger partial charge in [0.1, 0.15) is 0 Å². The largest absolute Gasteiger partial charge is 0.476 e. The number of hydrogen-bond acceptors (Lipinski definition) is 5. The Morgan fingerprint density at radius 2 is 2.21 bits per heavy atom. The van der Waals surface area contributed by atoms with Gasteiger partial charge in [-0.25, -0.2) is 9.48 Å². The molecule has 2 heterocycles. The maximum absolute atomic E-state index is 12.0. The number of carbonyl (C=O) groups excluding carboxylic acids is 1. The van der Waals surface area contributed by atoms with Crippen molar-refractivity contribution >= 4 is 11.9 Å². The number of carboxylic acids is 1. The van der Waals surface area contributed by atoms with Crippen LogP contribution in [0.1, 0.15) is 16.1 Å². The van der Waals surface area contributed by atoms with Crippen LogP contribution < -0.4 is 5.32 Å². The molecule has 0 unspecified atom stereocenters. The third-order valence-electron chi connectivity index (χ3n) is 3.56. The summed E-state index contributed by atoms with van der Waals surface area (Å²) >= 11 is 0. The Kier molecular flexibility index (Phi) is 4.88. The minimum atomic E-state index is -1.08. The zero-order valence-corrected chi connectivity index (χ0v) is 12.8. The molecule has 1 aliphatic heterocycles. The number of benzene rings is 1. The SMILES string of the molecule is O=C(O)c1ccn(-c2cccc(CNC(=O)[C@H]3COCCO3)c2)n1. The van der Waals surface area contributed by atoms with Crippen LogP contribution in [0.25, 0.3) is 5.69 Å². The fourth-order valence-corrected chi connectivity index (χ4v) is 2.33. The number of amides is 1. The van der Waals surface area contributed by atoms with E-state index >= 15 is 0 Å². The molecule has 1 aromatic heterocycles. The maximum Gasteiger partial charge on any atom is 0.356 e. The number of nitrogens with one attached hydrogen (secondary N) is 1. The molecule has 0 radical (unpaired) electrons. The van der Waals surface area contributed by atoms with Crippen molar-refractivity contribution in [2.24, 2.45) is 0 Å². The van der Waals surface area contributed by atoms with Crippen LogP contribution in [0.15, 0.2) is 36.5 Å². The summed E-state index contributed by atoms with van der Waals surface area (Å²) in [6.07, 6.45) is 1.00. The Labute approximate surface area is 138 Å². The van der Waals surface area contributed by atoms with E-state index in [1.807, 2.05) is 24.3 Å². The molecule has 1 aliphatic rings. The quantitative estimate of drug-likeness (QED) is 0.832. The van der Waals surface area contributed by atoms with Gasteiger partial charge < -0.3 is 19.9 Å². The third kappa shape index (κ3) is 3.79. The van der Waals surface area contributed by atoms with Crippen molar-refractivity contribution < 1.29 is 24.2 Å². The number of carbonyl (C=O) groups is 2. The van der Waals surface area contributed by atoms with Crippen LogP contribution in [0.5, 0.6) is 0 Å². The summed E-state index contributed by atoms with van der Waals surface area (Å²) in [5, 5.41) is 15.7. The van der Waals surface area contributed by atoms with E-state index in [0.29, 0.717) is 25.4 Å². The highest BCUT2D eigenvalue weighted by molar-refractivity contribution is 5.85. The average Bonchev–Trinajstić information content (AvgIpc) is 3.11. The van der Waals surface area contributed by atoms with Crippen LogP contribution in [-0.4, -0.2) is 52.7 Å². The Morgan fingerprint density at radius 3 is 2.92 bits per heavy atom. The van der Waals surface area contributed by atoms with Gasteiger partial charge in [-0.05, 0) is 23.8 Å². The molecule has 24 heavy (non-hydrogen) atoms. The van der Waals surface area contributed by atoms with Gasteiger partial charge in [0.2, 0.25) is 0 Å². The maximum atomic E-state index is 12.0. The molecule has 2 N–H and O–H groups in total. The van der Waals surface area contributed by atoms with Crippen LogP contribution >= 0.6 is 0 Å². The van der Waals surface area contributed by atoms with Gasteiger partial charge in [-0.2, -0.15) is 5.10 Å². The highest BCUT2D eigenvalue weighted by Crippen LogP contribution is 2.11. The van der Waals surface area contributed by atoms with E-state index in [-0.39, 0.29) is 18.2 Å². The van der Waals surface area contributed by atoms with Gasteiger partial charge in [-0.1, -0.05) is 12.1 Å². The van der Waals surface area contributed by atoms with E-state index in [0.717, 1.165) is 5.56 Å². The van der Waals surface area contributed by atoms with E-state index in [9.17, 15) is 9.59 Å². The lowest BCUT2D eigenvalue weighted by atomic mass is 10.2. The zero-order chi connectivity index (χ0) is 16.9. The fraction of sp³-hybridized carbons (Fsp3) is 0.312. The number of aromatic carboxylic acids is 1. The normalized spacial score (nSPS) is 17.4. The Bertz CT molecular complexity index is 737. The first-order valence-electron chi connectivity index (χ1n) is 7.49. The van der Waals surface area contributed by atoms with Crippen molar-refractivity contribution in [3.63, 3.8) is 0 Å². The third-order valence-corrected chi connectivity index (χ3v) is 3.56. The highest BCUT2D eigenvalue weighted by atomic mass is 16.6. The summed E-state index contributed by atoms with van der Waals surface area (Å²) in [6.45, 7) is 1.52. The van der Waals surface area contributed by atoms with Gasteiger partial charge >= 0.3 is 5.97 Å². The molecular formula is C16H17N3O5. The minimum absolute atomic E-state index is 0.0249. The molecule has 2 aromatic rings. The van der Waals surface area contributed by atoms with Gasteiger partial charge in [-0.15, -0.1) is 0 Å². The summed E-state index contributed by atoms with van der Waals surface area (Å²) in [5.74, 6) is -1.29. The lowest BCUT2D eigenvalue weighted by Crippen LogP contribution is -2.42. The van der Waals surface area contributed by atoms with Crippen LogP contribution in [0.3, 0.4) is 0 Å². The first-order valence-corrected chi connectivity index (χ1v) is 7.49. The minimum Gasteiger partial charge on any atom is -0.476 e. The summed E-state index contributed by atoms with van der Waals surface area (Å²) < 4.78 is 12.0. The van der Waals surface area contributed by atoms with Gasteiger partial charge in [-0.3, -0.25) is 4.79 Å². The van der Waals surface area contributed by atoms with E-state index < -0.39 is 12.1 Å². The lowest BCUT2D eigenvalue weighted by Gasteiger charge is -2.22. The number of rotatable bonds is 5. The fourth-order valence-electron chi connectivity index (χ4n) is 2.33. The molecule has 126 valence electrons. The molecule has 1 saturated heterocycles. The standard InChI is InChI=1S/C16H17N3O5/c20-15(14-10-23-6-7-24-14)17-9-11-2-1-3-12(8-11)19-5-4-13(18-19)16(21)22/h1-5,8,14H,6-7,9-10H2,(H,17,20)(H,21,22)/t14-/m1/s1. The van der Waals surface area contributed by atoms with Gasteiger partial charge in [0.05, 0.1) is 25.5 Å². The van der Waals surface area contributed by atoms with E-state index in [1.54, 1.807) is 6.20 Å². The van der Waals surface area contributed by atoms with Crippen LogP contribution in [-0.2, 0) is 20.8 Å². The topological polar surface area (TPSA) is 103 Å². The second kappa shape index (κ2) is 7.24. The molecule has 1 atom stereocenters. The summed E-state index contributed by atoms with van der Waals surface area (Å²) in [4.78, 5) is 22.9. The Balaban J connectivity index is 1.64. The highest BCUT2D eigenvalue weighted by Gasteiger charge is 2.22. The number of hydrogen-bond donors (Lipinski definition) is 2. The zero-order valence-electron chi connectivity index (χ0n) is 12.8. The molecule has 0 aliphatic carbocycles. The molecule has 8 heteroatoms. The van der Waals surface area contributed by atoms with Gasteiger partial charge in [0, 0.05) is 12.7 Å². The number of aromatic nitrogens is 2. The predicted molar refractivity (Wildman–Crippen MR) is 82.9 cm³/mol. The molecule has 1 fully saturated rings. The molecule has 8 nitrogen and oxygen atoms in total. The molecule has 0 bridgehead atoms. The van der Waals surface area contributed by atoms with Crippen molar-refractivity contribution in [2.45, 2.75) is 12.6 Å². The summed E-state index contributed by atoms with van der Waals surface area (Å²) in [5.41, 5.74) is 1.56. The van der Waals surface area contributed by atoms with Crippen LogP contribution in [0, 0.1) is 0 Å². The monoisotopic (exact) mass is 331 g/mol. The lowest BCUT2D eigenvalue weighted by molar-refractivity contribution is -0.147. The van der Waals surface area contributed by atoms with Crippen molar-refractivity contribution in [1.29, 1.82) is 0 Å². The smallest absolute Gasteiger partial charge is 0.356 e. The predicted octanol–water partition coefficient (Wildman–Crippen LogP) is 0.602. The molecule has 1 amide bonds. The number of ether oxygens (including phenoxy) is 2. The van der Waals surface area contributed by atoms with Gasteiger partial charge in [0.15, 0.2) is 11.8 Å². The summed E-state index contributed by atoms with van der Waals surface area (Å²) in [6, 6.07) is 8.75. The molecular weight excluding hydrogens is 314 g/mol. The first kappa shape index (κ1) is 16.2. The van der Waals surface area contributed by atoms with E-state index in [1.165, 1.54) is 10.7 Å². The van der Waals surface area contributed by atoms with Crippen LogP contribution in [0.4, 0.5) is 0 Å². The van der Waals surface area contributed by atoms with Crippen molar-refractivity contribution in [3.8, 4) is 5.69 Å².